The van der Waals surface area contributed by atoms with Gasteiger partial charge in [-0.25, -0.2) is 8.42 Å². The van der Waals surface area contributed by atoms with Gasteiger partial charge in [0.1, 0.15) is 0 Å². The fraction of sp³-hybridized carbons (Fsp3) is 0.600. The third-order valence-corrected chi connectivity index (χ3v) is 6.94. The second-order valence-corrected chi connectivity index (χ2v) is 8.66. The lowest BCUT2D eigenvalue weighted by Crippen LogP contribution is -2.40. The van der Waals surface area contributed by atoms with Crippen LogP contribution in [0.4, 0.5) is 0 Å². The molecule has 2 unspecified atom stereocenters. The maximum atomic E-state index is 12.4. The van der Waals surface area contributed by atoms with Crippen LogP contribution in [0.5, 0.6) is 0 Å². The minimum absolute atomic E-state index is 0.218. The van der Waals surface area contributed by atoms with Crippen LogP contribution in [0.15, 0.2) is 18.2 Å². The standard InChI is InChI=1S/C15H21Cl2NO2S/c1-2-8-18-15(11-6-7-12(16)13(17)10-11)14-5-3-4-9-21(14,19)20/h6-7,10,14-15,18H,2-5,8-9H2,1H3. The highest BCUT2D eigenvalue weighted by molar-refractivity contribution is 7.92. The Balaban J connectivity index is 2.35. The molecule has 1 fully saturated rings. The summed E-state index contributed by atoms with van der Waals surface area (Å²) in [5.74, 6) is 0.281. The molecule has 1 heterocycles. The van der Waals surface area contributed by atoms with Crippen molar-refractivity contribution in [1.82, 2.24) is 5.32 Å². The van der Waals surface area contributed by atoms with Gasteiger partial charge >= 0.3 is 0 Å². The Morgan fingerprint density at radius 2 is 2.05 bits per heavy atom. The van der Waals surface area contributed by atoms with Gasteiger partial charge in [-0.2, -0.15) is 0 Å². The van der Waals surface area contributed by atoms with Crippen molar-refractivity contribution in [3.8, 4) is 0 Å². The average molecular weight is 350 g/mol. The van der Waals surface area contributed by atoms with Crippen LogP contribution in [0.1, 0.15) is 44.2 Å². The van der Waals surface area contributed by atoms with Gasteiger partial charge in [0, 0.05) is 6.04 Å². The van der Waals surface area contributed by atoms with E-state index in [1.807, 2.05) is 6.07 Å². The summed E-state index contributed by atoms with van der Waals surface area (Å²) in [5, 5.41) is 3.95. The number of hydrogen-bond donors (Lipinski definition) is 1. The van der Waals surface area contributed by atoms with Crippen molar-refractivity contribution in [2.24, 2.45) is 0 Å². The summed E-state index contributed by atoms with van der Waals surface area (Å²) in [6.07, 6.45) is 3.37. The largest absolute Gasteiger partial charge is 0.309 e. The molecule has 0 radical (unpaired) electrons. The zero-order chi connectivity index (χ0) is 15.5. The van der Waals surface area contributed by atoms with Gasteiger partial charge in [-0.1, -0.05) is 42.6 Å². The van der Waals surface area contributed by atoms with Gasteiger partial charge in [-0.15, -0.1) is 0 Å². The van der Waals surface area contributed by atoms with Gasteiger partial charge in [-0.05, 0) is 43.5 Å². The highest BCUT2D eigenvalue weighted by atomic mass is 35.5. The van der Waals surface area contributed by atoms with Crippen molar-refractivity contribution in [3.63, 3.8) is 0 Å². The van der Waals surface area contributed by atoms with Crippen LogP contribution in [0.25, 0.3) is 0 Å². The lowest BCUT2D eigenvalue weighted by Gasteiger charge is -2.31. The van der Waals surface area contributed by atoms with Crippen LogP contribution in [-0.4, -0.2) is 26.0 Å². The van der Waals surface area contributed by atoms with E-state index in [1.165, 1.54) is 0 Å². The highest BCUT2D eigenvalue weighted by Gasteiger charge is 2.36. The van der Waals surface area contributed by atoms with E-state index < -0.39 is 9.84 Å². The molecule has 1 aromatic rings. The molecule has 1 aromatic carbocycles. The summed E-state index contributed by atoms with van der Waals surface area (Å²) in [7, 11) is -3.06. The molecular weight excluding hydrogens is 329 g/mol. The molecular formula is C15H21Cl2NO2S. The molecule has 0 saturated carbocycles. The van der Waals surface area contributed by atoms with Crippen LogP contribution in [-0.2, 0) is 9.84 Å². The fourth-order valence-corrected chi connectivity index (χ4v) is 5.23. The maximum Gasteiger partial charge on any atom is 0.155 e. The third-order valence-electron chi connectivity index (χ3n) is 3.92. The first-order valence-corrected chi connectivity index (χ1v) is 9.82. The van der Waals surface area contributed by atoms with E-state index in [1.54, 1.807) is 12.1 Å². The predicted molar refractivity (Wildman–Crippen MR) is 88.9 cm³/mol. The highest BCUT2D eigenvalue weighted by Crippen LogP contribution is 2.33. The molecule has 2 atom stereocenters. The number of halogens is 2. The van der Waals surface area contributed by atoms with Crippen LogP contribution >= 0.6 is 23.2 Å². The lowest BCUT2D eigenvalue weighted by atomic mass is 9.99. The summed E-state index contributed by atoms with van der Waals surface area (Å²) in [4.78, 5) is 0. The summed E-state index contributed by atoms with van der Waals surface area (Å²) in [5.41, 5.74) is 0.897. The molecule has 3 nitrogen and oxygen atoms in total. The first-order valence-electron chi connectivity index (χ1n) is 7.35. The Morgan fingerprint density at radius 1 is 1.29 bits per heavy atom. The van der Waals surface area contributed by atoms with Gasteiger partial charge in [0.2, 0.25) is 0 Å². The minimum Gasteiger partial charge on any atom is -0.309 e. The number of rotatable bonds is 5. The quantitative estimate of drug-likeness (QED) is 0.873. The van der Waals surface area contributed by atoms with Crippen LogP contribution in [0.2, 0.25) is 10.0 Å². The number of benzene rings is 1. The molecule has 0 bridgehead atoms. The molecule has 0 aromatic heterocycles. The van der Waals surface area contributed by atoms with Crippen molar-refractivity contribution in [1.29, 1.82) is 0 Å². The van der Waals surface area contributed by atoms with Crippen LogP contribution < -0.4 is 5.32 Å². The van der Waals surface area contributed by atoms with E-state index in [4.69, 9.17) is 23.2 Å². The van der Waals surface area contributed by atoms with Crippen molar-refractivity contribution in [3.05, 3.63) is 33.8 Å². The second kappa shape index (κ2) is 7.32. The van der Waals surface area contributed by atoms with Crippen LogP contribution in [0.3, 0.4) is 0 Å². The van der Waals surface area contributed by atoms with Gasteiger partial charge in [0.15, 0.2) is 9.84 Å². The Bertz CT molecular complexity index is 589. The van der Waals surface area contributed by atoms with Gasteiger partial charge in [-0.3, -0.25) is 0 Å². The van der Waals surface area contributed by atoms with Crippen molar-refractivity contribution >= 4 is 33.0 Å². The Morgan fingerprint density at radius 3 is 2.67 bits per heavy atom. The smallest absolute Gasteiger partial charge is 0.155 e. The predicted octanol–water partition coefficient (Wildman–Crippen LogP) is 4.00. The minimum atomic E-state index is -3.06. The van der Waals surface area contributed by atoms with Gasteiger partial charge in [0.05, 0.1) is 21.0 Å². The number of nitrogens with one attached hydrogen (secondary N) is 1. The first kappa shape index (κ1) is 17.1. The molecule has 0 spiro atoms. The Labute approximate surface area is 136 Å². The summed E-state index contributed by atoms with van der Waals surface area (Å²) >= 11 is 12.1. The summed E-state index contributed by atoms with van der Waals surface area (Å²) < 4.78 is 24.8. The van der Waals surface area contributed by atoms with E-state index in [2.05, 4.69) is 12.2 Å². The van der Waals surface area contributed by atoms with Gasteiger partial charge < -0.3 is 5.32 Å². The number of sulfone groups is 1. The third kappa shape index (κ3) is 4.13. The monoisotopic (exact) mass is 349 g/mol. The van der Waals surface area contributed by atoms with E-state index in [9.17, 15) is 8.42 Å². The SMILES string of the molecule is CCCNC(c1ccc(Cl)c(Cl)c1)C1CCCCS1(=O)=O. The fourth-order valence-electron chi connectivity index (χ4n) is 2.82. The Hall–Kier alpha value is -0.290. The molecule has 6 heteroatoms. The Kier molecular flexibility index (Phi) is 5.95. The molecule has 1 N–H and O–H groups in total. The van der Waals surface area contributed by atoms with Crippen molar-refractivity contribution < 1.29 is 8.42 Å². The zero-order valence-corrected chi connectivity index (χ0v) is 14.4. The summed E-state index contributed by atoms with van der Waals surface area (Å²) in [6.45, 7) is 2.84. The first-order chi connectivity index (χ1) is 9.95. The van der Waals surface area contributed by atoms with E-state index >= 15 is 0 Å². The average Bonchev–Trinajstić information content (AvgIpc) is 2.44. The molecule has 0 amide bonds. The maximum absolute atomic E-state index is 12.4. The zero-order valence-electron chi connectivity index (χ0n) is 12.1. The topological polar surface area (TPSA) is 46.2 Å². The summed E-state index contributed by atoms with van der Waals surface area (Å²) in [6, 6.07) is 5.16. The number of hydrogen-bond acceptors (Lipinski definition) is 3. The molecule has 2 rings (SSSR count). The molecule has 1 aliphatic rings. The van der Waals surface area contributed by atoms with E-state index in [0.717, 1.165) is 31.4 Å². The van der Waals surface area contributed by atoms with E-state index in [0.29, 0.717) is 16.5 Å². The molecule has 0 aliphatic carbocycles. The van der Waals surface area contributed by atoms with E-state index in [-0.39, 0.29) is 17.0 Å². The normalized spacial score (nSPS) is 22.9. The van der Waals surface area contributed by atoms with Gasteiger partial charge in [0.25, 0.3) is 0 Å². The second-order valence-electron chi connectivity index (χ2n) is 5.51. The molecule has 21 heavy (non-hydrogen) atoms. The lowest BCUT2D eigenvalue weighted by molar-refractivity contribution is 0.446. The van der Waals surface area contributed by atoms with Crippen LogP contribution in [0, 0.1) is 0 Å². The molecule has 1 saturated heterocycles. The van der Waals surface area contributed by atoms with Crippen molar-refractivity contribution in [2.45, 2.75) is 43.9 Å². The van der Waals surface area contributed by atoms with Crippen molar-refractivity contribution in [2.75, 3.05) is 12.3 Å². The molecule has 118 valence electrons. The molecule has 1 aliphatic heterocycles.